The maximum atomic E-state index is 12.4. The Morgan fingerprint density at radius 1 is 0.933 bits per heavy atom. The third kappa shape index (κ3) is 4.52. The molecule has 2 heterocycles. The molecule has 0 saturated heterocycles. The van der Waals surface area contributed by atoms with Crippen LogP contribution in [0.2, 0.25) is 0 Å². The number of fused-ring (bicyclic) bond motifs is 1. The van der Waals surface area contributed by atoms with Crippen molar-refractivity contribution in [1.29, 1.82) is 0 Å². The van der Waals surface area contributed by atoms with Gasteiger partial charge < -0.3 is 15.4 Å². The largest absolute Gasteiger partial charge is 0.491 e. The zero-order valence-electron chi connectivity index (χ0n) is 16.7. The minimum atomic E-state index is -0.335. The van der Waals surface area contributed by atoms with Crippen LogP contribution in [0.3, 0.4) is 0 Å². The minimum absolute atomic E-state index is 0.0949. The van der Waals surface area contributed by atoms with Gasteiger partial charge in [-0.25, -0.2) is 0 Å². The van der Waals surface area contributed by atoms with Crippen molar-refractivity contribution >= 4 is 34.0 Å². The summed E-state index contributed by atoms with van der Waals surface area (Å²) in [6, 6.07) is 20.3. The molecular weight excluding hydrogens is 378 g/mol. The van der Waals surface area contributed by atoms with E-state index in [1.165, 1.54) is 0 Å². The molecule has 0 atom stereocenters. The molecule has 0 aliphatic rings. The Bertz CT molecular complexity index is 1150. The van der Waals surface area contributed by atoms with Gasteiger partial charge in [0, 0.05) is 17.3 Å². The average Bonchev–Trinajstić information content (AvgIpc) is 2.75. The molecular formula is C23H21N5O2. The Morgan fingerprint density at radius 3 is 2.47 bits per heavy atom. The van der Waals surface area contributed by atoms with E-state index in [1.807, 2.05) is 56.3 Å². The highest BCUT2D eigenvalue weighted by Crippen LogP contribution is 2.23. The highest BCUT2D eigenvalue weighted by molar-refractivity contribution is 6.02. The van der Waals surface area contributed by atoms with Crippen molar-refractivity contribution < 1.29 is 9.53 Å². The SMILES string of the molecule is CC(C)Oc1ccc(NC(=O)c2ccc(Nc3cccc4cccnc34)nn2)cc1. The number of nitrogens with one attached hydrogen (secondary N) is 2. The maximum Gasteiger partial charge on any atom is 0.276 e. The van der Waals surface area contributed by atoms with Crippen LogP contribution in [0.15, 0.2) is 72.9 Å². The van der Waals surface area contributed by atoms with Crippen LogP contribution in [-0.2, 0) is 0 Å². The normalized spacial score (nSPS) is 10.8. The van der Waals surface area contributed by atoms with Crippen molar-refractivity contribution in [1.82, 2.24) is 15.2 Å². The van der Waals surface area contributed by atoms with Crippen LogP contribution in [0.5, 0.6) is 5.75 Å². The van der Waals surface area contributed by atoms with Crippen LogP contribution in [-0.4, -0.2) is 27.2 Å². The molecule has 1 amide bonds. The molecule has 0 aliphatic heterocycles. The topological polar surface area (TPSA) is 89.0 Å². The molecule has 2 aromatic heterocycles. The molecule has 4 aromatic rings. The first-order valence-corrected chi connectivity index (χ1v) is 9.61. The van der Waals surface area contributed by atoms with Crippen LogP contribution in [0.25, 0.3) is 10.9 Å². The number of nitrogens with zero attached hydrogens (tertiary/aromatic N) is 3. The molecule has 0 saturated carbocycles. The average molecular weight is 399 g/mol. The van der Waals surface area contributed by atoms with Gasteiger partial charge in [0.05, 0.1) is 17.3 Å². The lowest BCUT2D eigenvalue weighted by molar-refractivity contribution is 0.102. The molecule has 0 fully saturated rings. The quantitative estimate of drug-likeness (QED) is 0.484. The van der Waals surface area contributed by atoms with E-state index >= 15 is 0 Å². The summed E-state index contributed by atoms with van der Waals surface area (Å²) >= 11 is 0. The molecule has 150 valence electrons. The summed E-state index contributed by atoms with van der Waals surface area (Å²) < 4.78 is 5.60. The lowest BCUT2D eigenvalue weighted by Crippen LogP contribution is -2.14. The molecule has 7 nitrogen and oxygen atoms in total. The number of hydrogen-bond acceptors (Lipinski definition) is 6. The molecule has 7 heteroatoms. The third-order valence-corrected chi connectivity index (χ3v) is 4.28. The Kier molecular flexibility index (Phi) is 5.52. The number of carbonyl (C=O) groups excluding carboxylic acids is 1. The fraction of sp³-hybridized carbons (Fsp3) is 0.130. The number of aromatic nitrogens is 3. The van der Waals surface area contributed by atoms with Crippen LogP contribution < -0.4 is 15.4 Å². The van der Waals surface area contributed by atoms with Crippen molar-refractivity contribution in [3.05, 3.63) is 78.6 Å². The first kappa shape index (κ1) is 19.3. The number of para-hydroxylation sites is 1. The molecule has 4 rings (SSSR count). The van der Waals surface area contributed by atoms with E-state index in [9.17, 15) is 4.79 Å². The maximum absolute atomic E-state index is 12.4. The van der Waals surface area contributed by atoms with Gasteiger partial charge in [-0.15, -0.1) is 10.2 Å². The van der Waals surface area contributed by atoms with E-state index in [0.717, 1.165) is 22.3 Å². The number of hydrogen-bond donors (Lipinski definition) is 2. The standard InChI is InChI=1S/C23H21N5O2/c1-15(2)30-18-10-8-17(9-11-18)25-23(29)20-12-13-21(28-27-20)26-19-7-3-5-16-6-4-14-24-22(16)19/h3-15H,1-2H3,(H,25,29)(H,26,28). The number of anilines is 3. The van der Waals surface area contributed by atoms with Gasteiger partial charge in [0.15, 0.2) is 11.5 Å². The molecule has 2 N–H and O–H groups in total. The number of carbonyl (C=O) groups is 1. The Balaban J connectivity index is 1.43. The summed E-state index contributed by atoms with van der Waals surface area (Å²) in [7, 11) is 0. The summed E-state index contributed by atoms with van der Waals surface area (Å²) in [5.41, 5.74) is 2.54. The zero-order valence-corrected chi connectivity index (χ0v) is 16.7. The third-order valence-electron chi connectivity index (χ3n) is 4.28. The van der Waals surface area contributed by atoms with Gasteiger partial charge in [-0.3, -0.25) is 9.78 Å². The zero-order chi connectivity index (χ0) is 20.9. The summed E-state index contributed by atoms with van der Waals surface area (Å²) in [5.74, 6) is 0.944. The van der Waals surface area contributed by atoms with Crippen LogP contribution in [0, 0.1) is 0 Å². The van der Waals surface area contributed by atoms with E-state index in [1.54, 1.807) is 30.5 Å². The first-order valence-electron chi connectivity index (χ1n) is 9.61. The van der Waals surface area contributed by atoms with Crippen LogP contribution in [0.1, 0.15) is 24.3 Å². The van der Waals surface area contributed by atoms with Crippen LogP contribution in [0.4, 0.5) is 17.2 Å². The number of ether oxygens (including phenoxy) is 1. The van der Waals surface area contributed by atoms with Crippen molar-refractivity contribution in [2.45, 2.75) is 20.0 Å². The second-order valence-electron chi connectivity index (χ2n) is 6.95. The Labute approximate surface area is 174 Å². The number of benzene rings is 2. The number of pyridine rings is 1. The molecule has 2 aromatic carbocycles. The highest BCUT2D eigenvalue weighted by Gasteiger charge is 2.10. The predicted molar refractivity (Wildman–Crippen MR) is 117 cm³/mol. The summed E-state index contributed by atoms with van der Waals surface area (Å²) in [5, 5.41) is 15.2. The lowest BCUT2D eigenvalue weighted by atomic mass is 10.2. The van der Waals surface area contributed by atoms with Crippen molar-refractivity contribution in [3.8, 4) is 5.75 Å². The molecule has 0 spiro atoms. The van der Waals surface area contributed by atoms with E-state index in [2.05, 4.69) is 25.8 Å². The van der Waals surface area contributed by atoms with E-state index in [4.69, 9.17) is 4.74 Å². The minimum Gasteiger partial charge on any atom is -0.491 e. The molecule has 0 unspecified atom stereocenters. The second kappa shape index (κ2) is 8.57. The lowest BCUT2D eigenvalue weighted by Gasteiger charge is -2.11. The Morgan fingerprint density at radius 2 is 1.73 bits per heavy atom. The smallest absolute Gasteiger partial charge is 0.276 e. The van der Waals surface area contributed by atoms with Gasteiger partial charge >= 0.3 is 0 Å². The molecule has 0 aliphatic carbocycles. The van der Waals surface area contributed by atoms with Gasteiger partial charge in [-0.05, 0) is 62.4 Å². The molecule has 30 heavy (non-hydrogen) atoms. The van der Waals surface area contributed by atoms with Gasteiger partial charge in [0.25, 0.3) is 5.91 Å². The number of rotatable bonds is 6. The van der Waals surface area contributed by atoms with Crippen molar-refractivity contribution in [2.75, 3.05) is 10.6 Å². The van der Waals surface area contributed by atoms with Gasteiger partial charge in [-0.1, -0.05) is 18.2 Å². The van der Waals surface area contributed by atoms with Gasteiger partial charge in [0.1, 0.15) is 5.75 Å². The van der Waals surface area contributed by atoms with E-state index in [0.29, 0.717) is 11.5 Å². The molecule has 0 radical (unpaired) electrons. The van der Waals surface area contributed by atoms with Gasteiger partial charge in [0.2, 0.25) is 0 Å². The number of amides is 1. The highest BCUT2D eigenvalue weighted by atomic mass is 16.5. The van der Waals surface area contributed by atoms with Gasteiger partial charge in [-0.2, -0.15) is 0 Å². The summed E-state index contributed by atoms with van der Waals surface area (Å²) in [6.45, 7) is 3.92. The Hall–Kier alpha value is -4.00. The second-order valence-corrected chi connectivity index (χ2v) is 6.95. The van der Waals surface area contributed by atoms with E-state index in [-0.39, 0.29) is 17.7 Å². The van der Waals surface area contributed by atoms with E-state index < -0.39 is 0 Å². The molecule has 0 bridgehead atoms. The predicted octanol–water partition coefficient (Wildman–Crippen LogP) is 4.81. The monoisotopic (exact) mass is 399 g/mol. The van der Waals surface area contributed by atoms with Crippen molar-refractivity contribution in [2.24, 2.45) is 0 Å². The summed E-state index contributed by atoms with van der Waals surface area (Å²) in [4.78, 5) is 16.9. The fourth-order valence-corrected chi connectivity index (χ4v) is 2.95. The first-order chi connectivity index (χ1) is 14.6. The fourth-order valence-electron chi connectivity index (χ4n) is 2.95. The van der Waals surface area contributed by atoms with Crippen LogP contribution >= 0.6 is 0 Å². The van der Waals surface area contributed by atoms with Crippen molar-refractivity contribution in [3.63, 3.8) is 0 Å². The summed E-state index contributed by atoms with van der Waals surface area (Å²) in [6.07, 6.45) is 1.84.